The van der Waals surface area contributed by atoms with Crippen molar-refractivity contribution in [1.29, 1.82) is 0 Å². The van der Waals surface area contributed by atoms with E-state index in [1.165, 1.54) is 18.0 Å². The van der Waals surface area contributed by atoms with Crippen LogP contribution in [0.25, 0.3) is 11.5 Å². The van der Waals surface area contributed by atoms with Gasteiger partial charge in [0.05, 0.1) is 17.4 Å². The summed E-state index contributed by atoms with van der Waals surface area (Å²) in [6.45, 7) is 2.71. The second-order valence-corrected chi connectivity index (χ2v) is 5.52. The number of nitrogen functional groups attached to an aromatic ring is 1. The number of aromatic nitrogens is 3. The van der Waals surface area contributed by atoms with Gasteiger partial charge in [0.1, 0.15) is 5.00 Å². The Bertz CT molecular complexity index is 540. The molecule has 0 aliphatic carbocycles. The van der Waals surface area contributed by atoms with Crippen molar-refractivity contribution in [2.45, 2.75) is 38.7 Å². The molecule has 3 heterocycles. The molecule has 1 fully saturated rings. The molecule has 0 aromatic carbocycles. The number of nitrogens with zero attached hydrogens (tertiary/aromatic N) is 3. The molecule has 0 radical (unpaired) electrons. The van der Waals surface area contributed by atoms with E-state index in [0.717, 1.165) is 30.7 Å². The average molecular weight is 280 g/mol. The van der Waals surface area contributed by atoms with Gasteiger partial charge in [-0.25, -0.2) is 0 Å². The highest BCUT2D eigenvalue weighted by molar-refractivity contribution is 7.10. The van der Waals surface area contributed by atoms with Crippen LogP contribution >= 0.6 is 11.5 Å². The minimum Gasteiger partial charge on any atom is -0.389 e. The van der Waals surface area contributed by atoms with E-state index in [-0.39, 0.29) is 6.10 Å². The number of nitrogens with two attached hydrogens (primary N) is 1. The van der Waals surface area contributed by atoms with E-state index in [9.17, 15) is 0 Å². The van der Waals surface area contributed by atoms with Gasteiger partial charge < -0.3 is 15.0 Å². The minimum atomic E-state index is 0.207. The third-order valence-corrected chi connectivity index (χ3v) is 4.02. The summed E-state index contributed by atoms with van der Waals surface area (Å²) in [7, 11) is 0. The lowest BCUT2D eigenvalue weighted by Crippen LogP contribution is -2.21. The first-order chi connectivity index (χ1) is 9.24. The van der Waals surface area contributed by atoms with Crippen LogP contribution < -0.4 is 5.73 Å². The Morgan fingerprint density at radius 3 is 3.00 bits per heavy atom. The molecule has 2 aromatic heterocycles. The summed E-state index contributed by atoms with van der Waals surface area (Å²) < 4.78 is 15.1. The molecule has 102 valence electrons. The van der Waals surface area contributed by atoms with Gasteiger partial charge in [-0.05, 0) is 37.7 Å². The quantitative estimate of drug-likeness (QED) is 0.927. The van der Waals surface area contributed by atoms with Crippen LogP contribution in [0.2, 0.25) is 0 Å². The second kappa shape index (κ2) is 5.26. The molecular formula is C12H16N4O2S. The van der Waals surface area contributed by atoms with Crippen molar-refractivity contribution in [1.82, 2.24) is 14.5 Å². The summed E-state index contributed by atoms with van der Waals surface area (Å²) in [6, 6.07) is 0. The second-order valence-electron chi connectivity index (χ2n) is 4.72. The number of hydrogen-bond donors (Lipinski definition) is 1. The van der Waals surface area contributed by atoms with Crippen molar-refractivity contribution in [3.63, 3.8) is 0 Å². The fraction of sp³-hybridized carbons (Fsp3) is 0.583. The maximum absolute atomic E-state index is 5.87. The van der Waals surface area contributed by atoms with Crippen LogP contribution in [0.1, 0.15) is 30.8 Å². The van der Waals surface area contributed by atoms with E-state index >= 15 is 0 Å². The molecule has 6 nitrogen and oxygen atoms in total. The first kappa shape index (κ1) is 12.6. The summed E-state index contributed by atoms with van der Waals surface area (Å²) in [5, 5.41) is 4.62. The van der Waals surface area contributed by atoms with Gasteiger partial charge in [-0.1, -0.05) is 5.16 Å². The number of anilines is 1. The maximum Gasteiger partial charge on any atom is 0.262 e. The lowest BCUT2D eigenvalue weighted by molar-refractivity contribution is 0.0153. The fourth-order valence-corrected chi connectivity index (χ4v) is 2.91. The van der Waals surface area contributed by atoms with E-state index in [1.54, 1.807) is 0 Å². The van der Waals surface area contributed by atoms with Gasteiger partial charge in [0, 0.05) is 13.0 Å². The van der Waals surface area contributed by atoms with Crippen LogP contribution in [0, 0.1) is 6.92 Å². The van der Waals surface area contributed by atoms with Crippen LogP contribution in [0.3, 0.4) is 0 Å². The van der Waals surface area contributed by atoms with Crippen LogP contribution in [0.4, 0.5) is 5.00 Å². The van der Waals surface area contributed by atoms with Crippen LogP contribution in [0.5, 0.6) is 0 Å². The minimum absolute atomic E-state index is 0.207. The van der Waals surface area contributed by atoms with Crippen molar-refractivity contribution < 1.29 is 9.26 Å². The highest BCUT2D eigenvalue weighted by Gasteiger charge is 2.20. The van der Waals surface area contributed by atoms with Gasteiger partial charge in [0.15, 0.2) is 5.82 Å². The predicted molar refractivity (Wildman–Crippen MR) is 71.9 cm³/mol. The first-order valence-corrected chi connectivity index (χ1v) is 7.17. The van der Waals surface area contributed by atoms with Gasteiger partial charge >= 0.3 is 0 Å². The van der Waals surface area contributed by atoms with Gasteiger partial charge in [0.2, 0.25) is 0 Å². The Morgan fingerprint density at radius 2 is 2.32 bits per heavy atom. The van der Waals surface area contributed by atoms with E-state index in [1.807, 2.05) is 6.92 Å². The third kappa shape index (κ3) is 2.62. The van der Waals surface area contributed by atoms with E-state index < -0.39 is 0 Å². The lowest BCUT2D eigenvalue weighted by atomic mass is 10.1. The summed E-state index contributed by atoms with van der Waals surface area (Å²) in [5.74, 6) is 1.13. The molecule has 3 rings (SSSR count). The highest BCUT2D eigenvalue weighted by Crippen LogP contribution is 2.31. The Balaban J connectivity index is 1.76. The summed E-state index contributed by atoms with van der Waals surface area (Å²) in [5.41, 5.74) is 7.45. The Labute approximate surface area is 115 Å². The summed E-state index contributed by atoms with van der Waals surface area (Å²) in [6.07, 6.45) is 4.31. The summed E-state index contributed by atoms with van der Waals surface area (Å²) >= 11 is 1.25. The molecule has 0 saturated carbocycles. The molecular weight excluding hydrogens is 264 g/mol. The Morgan fingerprint density at radius 1 is 1.42 bits per heavy atom. The summed E-state index contributed by atoms with van der Waals surface area (Å²) in [4.78, 5) is 4.40. The fourth-order valence-electron chi connectivity index (χ4n) is 2.26. The molecule has 1 aliphatic heterocycles. The molecule has 1 unspecified atom stereocenters. The topological polar surface area (TPSA) is 87.1 Å². The standard InChI is InChI=1S/C12H16N4O2S/c1-7-10(11(13)19-16-7)12-14-9(15-18-12)6-8-4-2-3-5-17-8/h8H,2-6,13H2,1H3. The lowest BCUT2D eigenvalue weighted by Gasteiger charge is -2.20. The Hall–Kier alpha value is -1.47. The third-order valence-electron chi connectivity index (χ3n) is 3.26. The predicted octanol–water partition coefficient (Wildman–Crippen LogP) is 2.20. The number of hydrogen-bond acceptors (Lipinski definition) is 7. The zero-order valence-corrected chi connectivity index (χ0v) is 11.6. The molecule has 1 atom stereocenters. The molecule has 2 aromatic rings. The molecule has 19 heavy (non-hydrogen) atoms. The zero-order valence-electron chi connectivity index (χ0n) is 10.8. The number of rotatable bonds is 3. The normalized spacial score (nSPS) is 19.7. The van der Waals surface area contributed by atoms with Crippen LogP contribution in [-0.2, 0) is 11.2 Å². The van der Waals surface area contributed by atoms with E-state index in [0.29, 0.717) is 23.1 Å². The van der Waals surface area contributed by atoms with Crippen LogP contribution in [0.15, 0.2) is 4.52 Å². The molecule has 2 N–H and O–H groups in total. The molecule has 1 saturated heterocycles. The van der Waals surface area contributed by atoms with E-state index in [4.69, 9.17) is 15.0 Å². The van der Waals surface area contributed by atoms with E-state index in [2.05, 4.69) is 14.5 Å². The number of aryl methyl sites for hydroxylation is 1. The van der Waals surface area contributed by atoms with Gasteiger partial charge in [-0.2, -0.15) is 9.36 Å². The highest BCUT2D eigenvalue weighted by atomic mass is 32.1. The van der Waals surface area contributed by atoms with Crippen molar-refractivity contribution >= 4 is 16.5 Å². The van der Waals surface area contributed by atoms with Gasteiger partial charge in [0.25, 0.3) is 5.89 Å². The molecule has 7 heteroatoms. The van der Waals surface area contributed by atoms with Gasteiger partial charge in [-0.15, -0.1) is 0 Å². The van der Waals surface area contributed by atoms with Crippen molar-refractivity contribution in [3.8, 4) is 11.5 Å². The van der Waals surface area contributed by atoms with Crippen LogP contribution in [-0.4, -0.2) is 27.2 Å². The molecule has 0 bridgehead atoms. The monoisotopic (exact) mass is 280 g/mol. The molecule has 0 spiro atoms. The molecule has 0 amide bonds. The largest absolute Gasteiger partial charge is 0.389 e. The zero-order chi connectivity index (χ0) is 13.2. The number of ether oxygens (including phenoxy) is 1. The Kier molecular flexibility index (Phi) is 3.48. The average Bonchev–Trinajstić information content (AvgIpc) is 2.98. The smallest absolute Gasteiger partial charge is 0.262 e. The van der Waals surface area contributed by atoms with Crippen molar-refractivity contribution in [3.05, 3.63) is 11.5 Å². The van der Waals surface area contributed by atoms with Crippen molar-refractivity contribution in [2.24, 2.45) is 0 Å². The van der Waals surface area contributed by atoms with Crippen molar-refractivity contribution in [2.75, 3.05) is 12.3 Å². The van der Waals surface area contributed by atoms with Gasteiger partial charge in [-0.3, -0.25) is 0 Å². The maximum atomic E-state index is 5.87. The first-order valence-electron chi connectivity index (χ1n) is 6.40. The molecule has 1 aliphatic rings. The SMILES string of the molecule is Cc1nsc(N)c1-c1nc(CC2CCCCO2)no1.